The zero-order chi connectivity index (χ0) is 21.9. The number of thiophene rings is 1. The van der Waals surface area contributed by atoms with Gasteiger partial charge in [-0.25, -0.2) is 0 Å². The first kappa shape index (κ1) is 20.5. The predicted octanol–water partition coefficient (Wildman–Crippen LogP) is 5.71. The fraction of sp³-hybridized carbons (Fsp3) is 0.333. The molecule has 0 aliphatic carbocycles. The maximum atomic E-state index is 13.4. The number of hydrogen-bond acceptors (Lipinski definition) is 4. The van der Waals surface area contributed by atoms with Crippen LogP contribution in [0.2, 0.25) is 0 Å². The van der Waals surface area contributed by atoms with E-state index in [1.165, 1.54) is 17.3 Å². The van der Waals surface area contributed by atoms with Crippen molar-refractivity contribution in [3.05, 3.63) is 62.0 Å². The van der Waals surface area contributed by atoms with Gasteiger partial charge < -0.3 is 9.88 Å². The Balaban J connectivity index is 1.74. The first-order valence-electron chi connectivity index (χ1n) is 10.5. The Hall–Kier alpha value is -2.38. The molecule has 1 atom stereocenters. The van der Waals surface area contributed by atoms with Crippen molar-refractivity contribution in [1.29, 1.82) is 0 Å². The molecule has 1 unspecified atom stereocenters. The maximum Gasteiger partial charge on any atom is 0.259 e. The Labute approximate surface area is 193 Å². The van der Waals surface area contributed by atoms with Crippen LogP contribution in [0.25, 0.3) is 10.9 Å². The highest BCUT2D eigenvalue weighted by Gasteiger charge is 2.42. The van der Waals surface area contributed by atoms with Crippen LogP contribution >= 0.6 is 27.3 Å². The van der Waals surface area contributed by atoms with Crippen LogP contribution < -0.4 is 5.32 Å². The van der Waals surface area contributed by atoms with E-state index >= 15 is 0 Å². The minimum absolute atomic E-state index is 0.194. The van der Waals surface area contributed by atoms with Gasteiger partial charge in [-0.1, -0.05) is 19.9 Å². The van der Waals surface area contributed by atoms with Crippen molar-refractivity contribution in [2.45, 2.75) is 39.7 Å². The molecular weight excluding hydrogens is 474 g/mol. The SMILES string of the molecule is CC(=O)N1CC2=C(C1=O)C(c1ccc(Br)s1)c1cn(CCC(C)C)c3cccc(c13)N2. The zero-order valence-electron chi connectivity index (χ0n) is 17.7. The van der Waals surface area contributed by atoms with E-state index in [4.69, 9.17) is 0 Å². The van der Waals surface area contributed by atoms with Gasteiger partial charge in [-0.05, 0) is 58.1 Å². The van der Waals surface area contributed by atoms with Crippen molar-refractivity contribution in [3.63, 3.8) is 0 Å². The number of carbonyl (C=O) groups is 2. The fourth-order valence-electron chi connectivity index (χ4n) is 4.64. The first-order chi connectivity index (χ1) is 14.8. The van der Waals surface area contributed by atoms with Crippen LogP contribution in [0.3, 0.4) is 0 Å². The number of nitrogens with zero attached hydrogens (tertiary/aromatic N) is 2. The Kier molecular flexibility index (Phi) is 5.06. The zero-order valence-corrected chi connectivity index (χ0v) is 20.1. The van der Waals surface area contributed by atoms with E-state index < -0.39 is 0 Å². The number of imide groups is 1. The molecular formula is C24H24BrN3O2S. The summed E-state index contributed by atoms with van der Waals surface area (Å²) in [5.74, 6) is -0.0181. The highest BCUT2D eigenvalue weighted by Crippen LogP contribution is 2.48. The smallest absolute Gasteiger partial charge is 0.259 e. The summed E-state index contributed by atoms with van der Waals surface area (Å²) in [6.07, 6.45) is 3.30. The summed E-state index contributed by atoms with van der Waals surface area (Å²) in [6, 6.07) is 10.4. The molecule has 2 aromatic heterocycles. The van der Waals surface area contributed by atoms with Crippen molar-refractivity contribution in [3.8, 4) is 0 Å². The average Bonchev–Trinajstić information content (AvgIpc) is 3.36. The van der Waals surface area contributed by atoms with Crippen LogP contribution in [-0.4, -0.2) is 27.8 Å². The third kappa shape index (κ3) is 3.34. The van der Waals surface area contributed by atoms with Gasteiger partial charge in [-0.15, -0.1) is 11.3 Å². The van der Waals surface area contributed by atoms with E-state index in [-0.39, 0.29) is 17.7 Å². The van der Waals surface area contributed by atoms with Gasteiger partial charge in [0.25, 0.3) is 5.91 Å². The molecule has 2 aliphatic heterocycles. The third-order valence-electron chi connectivity index (χ3n) is 6.14. The molecule has 31 heavy (non-hydrogen) atoms. The average molecular weight is 498 g/mol. The summed E-state index contributed by atoms with van der Waals surface area (Å²) in [5, 5.41) is 4.69. The Bertz CT molecular complexity index is 1250. The van der Waals surface area contributed by atoms with Gasteiger partial charge >= 0.3 is 0 Å². The number of nitrogens with one attached hydrogen (secondary N) is 1. The summed E-state index contributed by atoms with van der Waals surface area (Å²) in [7, 11) is 0. The quantitative estimate of drug-likeness (QED) is 0.501. The third-order valence-corrected chi connectivity index (χ3v) is 7.83. The monoisotopic (exact) mass is 497 g/mol. The molecule has 1 aromatic carbocycles. The molecule has 0 fully saturated rings. The standard InChI is InChI=1S/C24H24BrN3O2S/c1-13(2)9-10-27-11-15-21-16(5-4-6-18(21)27)26-17-12-28(14(3)29)24(30)23(17)22(15)19-7-8-20(25)31-19/h4-8,11,13,22,26H,9-10,12H2,1-3H3. The van der Waals surface area contributed by atoms with E-state index in [1.807, 2.05) is 6.07 Å². The summed E-state index contributed by atoms with van der Waals surface area (Å²) in [4.78, 5) is 28.0. The van der Waals surface area contributed by atoms with Gasteiger partial charge in [0.05, 0.1) is 27.3 Å². The van der Waals surface area contributed by atoms with Crippen LogP contribution in [0.4, 0.5) is 5.69 Å². The molecule has 0 spiro atoms. The molecule has 2 amide bonds. The summed E-state index contributed by atoms with van der Waals surface area (Å²) >= 11 is 5.23. The maximum absolute atomic E-state index is 13.4. The normalized spacial score (nSPS) is 18.0. The predicted molar refractivity (Wildman–Crippen MR) is 128 cm³/mol. The Morgan fingerprint density at radius 2 is 2.10 bits per heavy atom. The van der Waals surface area contributed by atoms with Crippen molar-refractivity contribution in [2.75, 3.05) is 11.9 Å². The molecule has 5 rings (SSSR count). The van der Waals surface area contributed by atoms with E-state index in [0.717, 1.165) is 44.0 Å². The number of hydrogen-bond donors (Lipinski definition) is 1. The van der Waals surface area contributed by atoms with Crippen molar-refractivity contribution in [1.82, 2.24) is 9.47 Å². The number of benzene rings is 1. The van der Waals surface area contributed by atoms with Gasteiger partial charge in [0.15, 0.2) is 0 Å². The molecule has 2 aliphatic rings. The number of aryl methyl sites for hydroxylation is 1. The molecule has 160 valence electrons. The summed E-state index contributed by atoms with van der Waals surface area (Å²) in [5.41, 5.74) is 4.81. The molecule has 0 radical (unpaired) electrons. The topological polar surface area (TPSA) is 54.3 Å². The van der Waals surface area contributed by atoms with Crippen LogP contribution in [-0.2, 0) is 16.1 Å². The number of carbonyl (C=O) groups excluding carboxylic acids is 2. The van der Waals surface area contributed by atoms with Crippen molar-refractivity contribution >= 4 is 55.7 Å². The van der Waals surface area contributed by atoms with Crippen LogP contribution in [0, 0.1) is 5.92 Å². The summed E-state index contributed by atoms with van der Waals surface area (Å²) in [6.45, 7) is 7.15. The number of amides is 2. The number of rotatable bonds is 4. The molecule has 5 nitrogen and oxygen atoms in total. The lowest BCUT2D eigenvalue weighted by Gasteiger charge is -2.18. The van der Waals surface area contributed by atoms with Gasteiger partial charge in [0.1, 0.15) is 0 Å². The second kappa shape index (κ2) is 7.64. The lowest BCUT2D eigenvalue weighted by atomic mass is 9.89. The van der Waals surface area contributed by atoms with Gasteiger partial charge in [0, 0.05) is 41.3 Å². The minimum Gasteiger partial charge on any atom is -0.356 e. The fourth-order valence-corrected chi connectivity index (χ4v) is 6.19. The Morgan fingerprint density at radius 3 is 2.77 bits per heavy atom. The molecule has 7 heteroatoms. The van der Waals surface area contributed by atoms with Crippen LogP contribution in [0.5, 0.6) is 0 Å². The Morgan fingerprint density at radius 1 is 1.29 bits per heavy atom. The molecule has 4 heterocycles. The van der Waals surface area contributed by atoms with Gasteiger partial charge in [0.2, 0.25) is 5.91 Å². The van der Waals surface area contributed by atoms with E-state index in [9.17, 15) is 9.59 Å². The second-order valence-corrected chi connectivity index (χ2v) is 11.2. The van der Waals surface area contributed by atoms with E-state index in [2.05, 4.69) is 70.1 Å². The molecule has 0 saturated carbocycles. The minimum atomic E-state index is -0.223. The van der Waals surface area contributed by atoms with Crippen LogP contribution in [0.1, 0.15) is 43.6 Å². The van der Waals surface area contributed by atoms with E-state index in [0.29, 0.717) is 18.0 Å². The highest BCUT2D eigenvalue weighted by molar-refractivity contribution is 9.11. The number of anilines is 1. The van der Waals surface area contributed by atoms with E-state index in [1.54, 1.807) is 11.3 Å². The first-order valence-corrected chi connectivity index (χ1v) is 12.2. The number of halogens is 1. The lowest BCUT2D eigenvalue weighted by Crippen LogP contribution is -2.33. The number of aromatic nitrogens is 1. The molecule has 0 saturated heterocycles. The largest absolute Gasteiger partial charge is 0.356 e. The molecule has 1 N–H and O–H groups in total. The highest BCUT2D eigenvalue weighted by atomic mass is 79.9. The lowest BCUT2D eigenvalue weighted by molar-refractivity contribution is -0.139. The second-order valence-electron chi connectivity index (χ2n) is 8.66. The van der Waals surface area contributed by atoms with Crippen LogP contribution in [0.15, 0.2) is 51.6 Å². The molecule has 0 bridgehead atoms. The molecule has 3 aromatic rings. The van der Waals surface area contributed by atoms with Gasteiger partial charge in [-0.3, -0.25) is 14.5 Å². The summed E-state index contributed by atoms with van der Waals surface area (Å²) < 4.78 is 3.35. The van der Waals surface area contributed by atoms with Crippen molar-refractivity contribution in [2.24, 2.45) is 5.92 Å². The van der Waals surface area contributed by atoms with Crippen molar-refractivity contribution < 1.29 is 9.59 Å². The van der Waals surface area contributed by atoms with Gasteiger partial charge in [-0.2, -0.15) is 0 Å².